The number of ether oxygens (including phenoxy) is 1. The van der Waals surface area contributed by atoms with E-state index in [1.165, 1.54) is 30.6 Å². The van der Waals surface area contributed by atoms with E-state index in [0.29, 0.717) is 16.5 Å². The first kappa shape index (κ1) is 23.9. The average Bonchev–Trinajstić information content (AvgIpc) is 2.76. The fraction of sp³-hybridized carbons (Fsp3) is 0.238. The van der Waals surface area contributed by atoms with Gasteiger partial charge in [0.05, 0.1) is 16.7 Å². The molecular formula is C21H21ClF2N4O3. The normalized spacial score (nSPS) is 11.3. The van der Waals surface area contributed by atoms with E-state index in [9.17, 15) is 18.9 Å². The zero-order valence-electron chi connectivity index (χ0n) is 16.8. The Kier molecular flexibility index (Phi) is 9.08. The molecule has 2 aromatic carbocycles. The van der Waals surface area contributed by atoms with Crippen molar-refractivity contribution in [3.8, 4) is 5.75 Å². The maximum atomic E-state index is 12.2. The minimum Gasteiger partial charge on any atom is -0.435 e. The van der Waals surface area contributed by atoms with Crippen molar-refractivity contribution in [1.82, 2.24) is 9.97 Å². The van der Waals surface area contributed by atoms with Gasteiger partial charge < -0.3 is 10.1 Å². The summed E-state index contributed by atoms with van der Waals surface area (Å²) in [6, 6.07) is 14.4. The van der Waals surface area contributed by atoms with Crippen LogP contribution in [0.4, 0.5) is 20.3 Å². The Morgan fingerprint density at radius 1 is 1.13 bits per heavy atom. The van der Waals surface area contributed by atoms with Crippen molar-refractivity contribution in [2.45, 2.75) is 32.9 Å². The third-order valence-electron chi connectivity index (χ3n) is 4.16. The summed E-state index contributed by atoms with van der Waals surface area (Å²) < 4.78 is 28.6. The van der Waals surface area contributed by atoms with Crippen LogP contribution in [0.1, 0.15) is 30.6 Å². The van der Waals surface area contributed by atoms with Gasteiger partial charge in [0, 0.05) is 12.1 Å². The molecule has 1 aromatic heterocycles. The van der Waals surface area contributed by atoms with Crippen LogP contribution in [0.2, 0.25) is 5.02 Å². The third-order valence-corrected chi connectivity index (χ3v) is 4.61. The van der Waals surface area contributed by atoms with Crippen LogP contribution in [0.5, 0.6) is 5.75 Å². The lowest BCUT2D eigenvalue weighted by atomic mass is 10.0. The van der Waals surface area contributed by atoms with Crippen LogP contribution in [0.25, 0.3) is 0 Å². The summed E-state index contributed by atoms with van der Waals surface area (Å²) in [6.45, 7) is 0.976. The Hall–Kier alpha value is -3.33. The van der Waals surface area contributed by atoms with Gasteiger partial charge in [0.25, 0.3) is 5.69 Å². The number of nitrogens with one attached hydrogen (secondary N) is 1. The van der Waals surface area contributed by atoms with Gasteiger partial charge in [-0.25, -0.2) is 9.97 Å². The maximum absolute atomic E-state index is 12.2. The molecule has 0 bridgehead atoms. The van der Waals surface area contributed by atoms with Gasteiger partial charge in [0.15, 0.2) is 0 Å². The van der Waals surface area contributed by atoms with E-state index in [0.717, 1.165) is 12.0 Å². The Labute approximate surface area is 183 Å². The molecule has 0 spiro atoms. The summed E-state index contributed by atoms with van der Waals surface area (Å²) in [5.41, 5.74) is 1.75. The molecule has 1 heterocycles. The van der Waals surface area contributed by atoms with Crippen molar-refractivity contribution in [1.29, 1.82) is 0 Å². The summed E-state index contributed by atoms with van der Waals surface area (Å²) >= 11 is 6.17. The minimum atomic E-state index is -2.83. The molecule has 3 aromatic rings. The second-order valence-electron chi connectivity index (χ2n) is 6.27. The SMILES string of the molecule is CCC(Nc1ncnc(C)c1Cl)c1ccc(OC(F)F)cc1.O=[N+]([O-])c1ccccc1. The molecule has 7 nitrogen and oxygen atoms in total. The van der Waals surface area contributed by atoms with E-state index in [-0.39, 0.29) is 17.5 Å². The highest BCUT2D eigenvalue weighted by Gasteiger charge is 2.14. The molecule has 1 atom stereocenters. The number of rotatable bonds is 7. The lowest BCUT2D eigenvalue weighted by Gasteiger charge is -2.19. The molecule has 0 fully saturated rings. The largest absolute Gasteiger partial charge is 0.435 e. The second-order valence-corrected chi connectivity index (χ2v) is 6.65. The summed E-state index contributed by atoms with van der Waals surface area (Å²) in [5.74, 6) is 0.679. The predicted molar refractivity (Wildman–Crippen MR) is 115 cm³/mol. The highest BCUT2D eigenvalue weighted by molar-refractivity contribution is 6.33. The Bertz CT molecular complexity index is 976. The number of para-hydroxylation sites is 1. The summed E-state index contributed by atoms with van der Waals surface area (Å²) in [6.07, 6.45) is 2.21. The number of nitro groups is 1. The molecule has 164 valence electrons. The van der Waals surface area contributed by atoms with Crippen LogP contribution in [0, 0.1) is 17.0 Å². The quantitative estimate of drug-likeness (QED) is 0.340. The fourth-order valence-corrected chi connectivity index (χ4v) is 2.73. The first-order valence-corrected chi connectivity index (χ1v) is 9.67. The van der Waals surface area contributed by atoms with Gasteiger partial charge in [-0.05, 0) is 31.0 Å². The maximum Gasteiger partial charge on any atom is 0.387 e. The molecule has 0 aliphatic carbocycles. The van der Waals surface area contributed by atoms with Gasteiger partial charge in [-0.2, -0.15) is 8.78 Å². The topological polar surface area (TPSA) is 90.2 Å². The number of benzene rings is 2. The Morgan fingerprint density at radius 2 is 1.77 bits per heavy atom. The van der Waals surface area contributed by atoms with E-state index >= 15 is 0 Å². The van der Waals surface area contributed by atoms with E-state index in [1.54, 1.807) is 37.3 Å². The molecule has 10 heteroatoms. The van der Waals surface area contributed by atoms with E-state index < -0.39 is 11.5 Å². The van der Waals surface area contributed by atoms with Gasteiger partial charge in [-0.1, -0.05) is 48.9 Å². The van der Waals surface area contributed by atoms with Crippen molar-refractivity contribution in [3.63, 3.8) is 0 Å². The van der Waals surface area contributed by atoms with Gasteiger partial charge in [0.2, 0.25) is 0 Å². The molecule has 0 aliphatic rings. The molecule has 1 N–H and O–H groups in total. The number of nitrogens with zero attached hydrogens (tertiary/aromatic N) is 3. The lowest BCUT2D eigenvalue weighted by Crippen LogP contribution is -2.12. The Morgan fingerprint density at radius 3 is 2.29 bits per heavy atom. The van der Waals surface area contributed by atoms with Gasteiger partial charge >= 0.3 is 6.61 Å². The first-order chi connectivity index (χ1) is 14.8. The Balaban J connectivity index is 0.000000316. The zero-order chi connectivity index (χ0) is 22.8. The molecule has 0 saturated carbocycles. The number of nitro benzene ring substituents is 1. The van der Waals surface area contributed by atoms with Crippen LogP contribution in [0.15, 0.2) is 60.9 Å². The monoisotopic (exact) mass is 450 g/mol. The lowest BCUT2D eigenvalue weighted by molar-refractivity contribution is -0.384. The number of hydrogen-bond donors (Lipinski definition) is 1. The molecule has 1 unspecified atom stereocenters. The number of non-ortho nitro benzene ring substituents is 1. The van der Waals surface area contributed by atoms with Crippen molar-refractivity contribution >= 4 is 23.1 Å². The van der Waals surface area contributed by atoms with Gasteiger partial charge in [0.1, 0.15) is 22.9 Å². The molecular weight excluding hydrogens is 430 g/mol. The number of hydrogen-bond acceptors (Lipinski definition) is 6. The molecule has 0 aliphatic heterocycles. The molecule has 0 saturated heterocycles. The number of alkyl halides is 2. The van der Waals surface area contributed by atoms with Crippen molar-refractivity contribution in [2.24, 2.45) is 0 Å². The highest BCUT2D eigenvalue weighted by atomic mass is 35.5. The standard InChI is InChI=1S/C15H16ClF2N3O.C6H5NO2/c1-3-12(21-14-13(16)9(2)19-8-20-14)10-4-6-11(7-5-10)22-15(17)18;8-7(9)6-4-2-1-3-5-6/h4-8,12,15H,3H2,1-2H3,(H,19,20,21);1-5H. The zero-order valence-corrected chi connectivity index (χ0v) is 17.6. The molecule has 0 amide bonds. The number of halogens is 3. The fourth-order valence-electron chi connectivity index (χ4n) is 2.58. The average molecular weight is 451 g/mol. The summed E-state index contributed by atoms with van der Waals surface area (Å²) in [5, 5.41) is 13.7. The summed E-state index contributed by atoms with van der Waals surface area (Å²) in [4.78, 5) is 17.7. The highest BCUT2D eigenvalue weighted by Crippen LogP contribution is 2.28. The minimum absolute atomic E-state index is 0.0487. The second kappa shape index (κ2) is 11.8. The van der Waals surface area contributed by atoms with Crippen LogP contribution in [0.3, 0.4) is 0 Å². The van der Waals surface area contributed by atoms with Crippen molar-refractivity contribution in [3.05, 3.63) is 87.3 Å². The van der Waals surface area contributed by atoms with Crippen LogP contribution >= 0.6 is 11.6 Å². The predicted octanol–water partition coefficient (Wildman–Crippen LogP) is 6.20. The van der Waals surface area contributed by atoms with Crippen molar-refractivity contribution in [2.75, 3.05) is 5.32 Å². The molecule has 31 heavy (non-hydrogen) atoms. The molecule has 3 rings (SSSR count). The van der Waals surface area contributed by atoms with E-state index in [2.05, 4.69) is 20.0 Å². The summed E-state index contributed by atoms with van der Waals surface area (Å²) in [7, 11) is 0. The van der Waals surface area contributed by atoms with Gasteiger partial charge in [-0.15, -0.1) is 0 Å². The van der Waals surface area contributed by atoms with Crippen LogP contribution < -0.4 is 10.1 Å². The van der Waals surface area contributed by atoms with E-state index in [4.69, 9.17) is 11.6 Å². The first-order valence-electron chi connectivity index (χ1n) is 9.29. The molecule has 0 radical (unpaired) electrons. The smallest absolute Gasteiger partial charge is 0.387 e. The van der Waals surface area contributed by atoms with E-state index in [1.807, 2.05) is 6.92 Å². The number of anilines is 1. The third kappa shape index (κ3) is 7.45. The number of aryl methyl sites for hydroxylation is 1. The van der Waals surface area contributed by atoms with Gasteiger partial charge in [-0.3, -0.25) is 10.1 Å². The van der Waals surface area contributed by atoms with Crippen LogP contribution in [-0.4, -0.2) is 21.5 Å². The van der Waals surface area contributed by atoms with Crippen LogP contribution in [-0.2, 0) is 0 Å². The number of aromatic nitrogens is 2. The van der Waals surface area contributed by atoms with Crippen molar-refractivity contribution < 1.29 is 18.4 Å².